The lowest BCUT2D eigenvalue weighted by molar-refractivity contribution is 0.217. The summed E-state index contributed by atoms with van der Waals surface area (Å²) in [5, 5.41) is 8.60. The monoisotopic (exact) mass is 283 g/mol. The third-order valence-corrected chi connectivity index (χ3v) is 3.43. The van der Waals surface area contributed by atoms with E-state index in [0.29, 0.717) is 12.1 Å². The first-order chi connectivity index (χ1) is 9.07. The fraction of sp³-hybridized carbons (Fsp3) is 0.385. The van der Waals surface area contributed by atoms with E-state index >= 15 is 0 Å². The standard InChI is InChI=1S/C13H17NO4S/c1-18-10-11-19(16,17)14-13-7-5-12(6-8-13)4-2-3-9-15/h5-8,14-15H,3,9-11H2,1H3. The molecular weight excluding hydrogens is 266 g/mol. The molecular formula is C13H17NO4S. The van der Waals surface area contributed by atoms with Crippen LogP contribution in [-0.4, -0.2) is 39.6 Å². The molecule has 19 heavy (non-hydrogen) atoms. The van der Waals surface area contributed by atoms with E-state index < -0.39 is 10.0 Å². The van der Waals surface area contributed by atoms with Gasteiger partial charge in [0.05, 0.1) is 19.0 Å². The SMILES string of the molecule is COCCS(=O)(=O)Nc1ccc(C#CCCO)cc1. The molecule has 0 spiro atoms. The molecule has 5 nitrogen and oxygen atoms in total. The molecule has 0 atom stereocenters. The minimum Gasteiger partial charge on any atom is -0.395 e. The summed E-state index contributed by atoms with van der Waals surface area (Å²) in [6, 6.07) is 6.73. The lowest BCUT2D eigenvalue weighted by Gasteiger charge is -2.07. The van der Waals surface area contributed by atoms with E-state index in [1.807, 2.05) is 0 Å². The summed E-state index contributed by atoms with van der Waals surface area (Å²) in [5.74, 6) is 5.57. The van der Waals surface area contributed by atoms with Gasteiger partial charge < -0.3 is 9.84 Å². The number of methoxy groups -OCH3 is 1. The van der Waals surface area contributed by atoms with Crippen LogP contribution in [0, 0.1) is 11.8 Å². The summed E-state index contributed by atoms with van der Waals surface area (Å²) < 4.78 is 30.4. The van der Waals surface area contributed by atoms with Crippen molar-refractivity contribution in [2.24, 2.45) is 0 Å². The first kappa shape index (κ1) is 15.5. The minimum absolute atomic E-state index is 0.0321. The number of ether oxygens (including phenoxy) is 1. The first-order valence-electron chi connectivity index (χ1n) is 5.76. The van der Waals surface area contributed by atoms with Gasteiger partial charge in [0, 0.05) is 24.8 Å². The highest BCUT2D eigenvalue weighted by Gasteiger charge is 2.09. The van der Waals surface area contributed by atoms with Crippen molar-refractivity contribution >= 4 is 15.7 Å². The molecule has 2 N–H and O–H groups in total. The van der Waals surface area contributed by atoms with E-state index in [4.69, 9.17) is 9.84 Å². The lowest BCUT2D eigenvalue weighted by atomic mass is 10.2. The molecule has 0 aliphatic heterocycles. The number of hydrogen-bond acceptors (Lipinski definition) is 4. The van der Waals surface area contributed by atoms with Crippen LogP contribution in [0.4, 0.5) is 5.69 Å². The maximum atomic E-state index is 11.6. The molecule has 1 aromatic rings. The van der Waals surface area contributed by atoms with Crippen LogP contribution < -0.4 is 4.72 Å². The Balaban J connectivity index is 2.65. The number of aliphatic hydroxyl groups is 1. The van der Waals surface area contributed by atoms with E-state index in [-0.39, 0.29) is 19.0 Å². The number of hydrogen-bond donors (Lipinski definition) is 2. The van der Waals surface area contributed by atoms with Gasteiger partial charge >= 0.3 is 0 Å². The van der Waals surface area contributed by atoms with Crippen molar-refractivity contribution in [2.75, 3.05) is 30.8 Å². The van der Waals surface area contributed by atoms with Gasteiger partial charge in [-0.25, -0.2) is 8.42 Å². The molecule has 0 bridgehead atoms. The van der Waals surface area contributed by atoms with Gasteiger partial charge in [0.2, 0.25) is 10.0 Å². The van der Waals surface area contributed by atoms with Crippen LogP contribution in [0.25, 0.3) is 0 Å². The molecule has 0 aliphatic rings. The van der Waals surface area contributed by atoms with E-state index in [1.54, 1.807) is 24.3 Å². The Bertz CT molecular complexity index is 540. The van der Waals surface area contributed by atoms with Crippen molar-refractivity contribution in [1.82, 2.24) is 0 Å². The van der Waals surface area contributed by atoms with Gasteiger partial charge in [-0.2, -0.15) is 0 Å². The third-order valence-electron chi connectivity index (χ3n) is 2.18. The molecule has 0 aromatic heterocycles. The molecule has 0 aliphatic carbocycles. The summed E-state index contributed by atoms with van der Waals surface area (Å²) in [5.41, 5.74) is 1.26. The highest BCUT2D eigenvalue weighted by Crippen LogP contribution is 2.10. The summed E-state index contributed by atoms with van der Waals surface area (Å²) in [6.45, 7) is 0.185. The van der Waals surface area contributed by atoms with Crippen LogP contribution in [-0.2, 0) is 14.8 Å². The van der Waals surface area contributed by atoms with Crippen molar-refractivity contribution in [3.63, 3.8) is 0 Å². The van der Waals surface area contributed by atoms with E-state index in [1.165, 1.54) is 7.11 Å². The Morgan fingerprint density at radius 3 is 2.58 bits per heavy atom. The average Bonchev–Trinajstić information content (AvgIpc) is 2.38. The Morgan fingerprint density at radius 1 is 1.32 bits per heavy atom. The highest BCUT2D eigenvalue weighted by molar-refractivity contribution is 7.92. The zero-order valence-electron chi connectivity index (χ0n) is 10.7. The molecule has 0 radical (unpaired) electrons. The second-order valence-corrected chi connectivity index (χ2v) is 5.61. The van der Waals surface area contributed by atoms with Gasteiger partial charge in [0.1, 0.15) is 0 Å². The third kappa shape index (κ3) is 6.25. The van der Waals surface area contributed by atoms with Crippen molar-refractivity contribution in [3.8, 4) is 11.8 Å². The molecule has 0 heterocycles. The van der Waals surface area contributed by atoms with Crippen LogP contribution in [0.3, 0.4) is 0 Å². The quantitative estimate of drug-likeness (QED) is 0.758. The molecule has 1 aromatic carbocycles. The van der Waals surface area contributed by atoms with Crippen molar-refractivity contribution in [1.29, 1.82) is 0 Å². The molecule has 104 valence electrons. The Hall–Kier alpha value is -1.55. The first-order valence-corrected chi connectivity index (χ1v) is 7.42. The molecule has 0 fully saturated rings. The fourth-order valence-electron chi connectivity index (χ4n) is 1.27. The van der Waals surface area contributed by atoms with Gasteiger partial charge in [-0.05, 0) is 24.3 Å². The Morgan fingerprint density at radius 2 is 2.00 bits per heavy atom. The maximum absolute atomic E-state index is 11.6. The maximum Gasteiger partial charge on any atom is 0.234 e. The van der Waals surface area contributed by atoms with Crippen molar-refractivity contribution in [3.05, 3.63) is 29.8 Å². The highest BCUT2D eigenvalue weighted by atomic mass is 32.2. The Labute approximate surface area is 113 Å². The second kappa shape index (κ2) is 7.79. The molecule has 0 saturated heterocycles. The van der Waals surface area contributed by atoms with Crippen LogP contribution in [0.1, 0.15) is 12.0 Å². The molecule has 0 saturated carbocycles. The van der Waals surface area contributed by atoms with Crippen LogP contribution in [0.15, 0.2) is 24.3 Å². The van der Waals surface area contributed by atoms with Gasteiger partial charge in [-0.3, -0.25) is 4.72 Å². The number of anilines is 1. The van der Waals surface area contributed by atoms with Crippen LogP contribution in [0.2, 0.25) is 0 Å². The van der Waals surface area contributed by atoms with Crippen molar-refractivity contribution in [2.45, 2.75) is 6.42 Å². The largest absolute Gasteiger partial charge is 0.395 e. The van der Waals surface area contributed by atoms with Gasteiger partial charge in [0.15, 0.2) is 0 Å². The smallest absolute Gasteiger partial charge is 0.234 e. The van der Waals surface area contributed by atoms with Crippen LogP contribution in [0.5, 0.6) is 0 Å². The summed E-state index contributed by atoms with van der Waals surface area (Å²) >= 11 is 0. The number of aliphatic hydroxyl groups excluding tert-OH is 1. The predicted molar refractivity (Wildman–Crippen MR) is 74.3 cm³/mol. The Kier molecular flexibility index (Phi) is 6.36. The summed E-state index contributed by atoms with van der Waals surface area (Å²) in [4.78, 5) is 0. The fourth-order valence-corrected chi connectivity index (χ4v) is 2.25. The summed E-state index contributed by atoms with van der Waals surface area (Å²) in [6.07, 6.45) is 0.422. The average molecular weight is 283 g/mol. The molecule has 0 amide bonds. The number of nitrogens with one attached hydrogen (secondary N) is 1. The number of benzene rings is 1. The molecule has 1 rings (SSSR count). The van der Waals surface area contributed by atoms with E-state index in [0.717, 1.165) is 5.56 Å². The molecule has 6 heteroatoms. The lowest BCUT2D eigenvalue weighted by Crippen LogP contribution is -2.19. The summed E-state index contributed by atoms with van der Waals surface area (Å²) in [7, 11) is -1.92. The molecule has 0 unspecified atom stereocenters. The minimum atomic E-state index is -3.37. The van der Waals surface area contributed by atoms with Gasteiger partial charge in [0.25, 0.3) is 0 Å². The predicted octanol–water partition coefficient (Wildman–Crippen LogP) is 0.809. The van der Waals surface area contributed by atoms with E-state index in [2.05, 4.69) is 16.6 Å². The van der Waals surface area contributed by atoms with E-state index in [9.17, 15) is 8.42 Å². The second-order valence-electron chi connectivity index (χ2n) is 3.77. The zero-order chi connectivity index (χ0) is 14.1. The number of sulfonamides is 1. The van der Waals surface area contributed by atoms with Crippen molar-refractivity contribution < 1.29 is 18.3 Å². The topological polar surface area (TPSA) is 75.6 Å². The number of rotatable bonds is 6. The van der Waals surface area contributed by atoms with Gasteiger partial charge in [-0.15, -0.1) is 0 Å². The normalized spacial score (nSPS) is 10.6. The van der Waals surface area contributed by atoms with Gasteiger partial charge in [-0.1, -0.05) is 11.8 Å². The van der Waals surface area contributed by atoms with Crippen LogP contribution >= 0.6 is 0 Å². The zero-order valence-corrected chi connectivity index (χ0v) is 11.5.